The fraction of sp³-hybridized carbons (Fsp3) is 0.308. The van der Waals surface area contributed by atoms with Gasteiger partial charge in [-0.1, -0.05) is 6.07 Å². The lowest BCUT2D eigenvalue weighted by molar-refractivity contribution is 0.131. The zero-order valence-corrected chi connectivity index (χ0v) is 10.2. The van der Waals surface area contributed by atoms with E-state index in [1.807, 2.05) is 26.8 Å². The normalized spacial score (nSPS) is 11.5. The molecule has 0 fully saturated rings. The molecular weight excluding hydrogens is 216 g/mol. The van der Waals surface area contributed by atoms with E-state index in [4.69, 9.17) is 4.74 Å². The number of hydrogen-bond acceptors (Lipinski definition) is 3. The Labute approximate surface area is 100 Å². The molecule has 0 atom stereocenters. The summed E-state index contributed by atoms with van der Waals surface area (Å²) in [7, 11) is 0. The Morgan fingerprint density at radius 1 is 1.29 bits per heavy atom. The van der Waals surface area contributed by atoms with Crippen LogP contribution in [0.4, 0.5) is 0 Å². The number of phenols is 1. The zero-order chi connectivity index (χ0) is 12.5. The summed E-state index contributed by atoms with van der Waals surface area (Å²) in [6.45, 7) is 5.95. The van der Waals surface area contributed by atoms with Crippen molar-refractivity contribution < 1.29 is 9.84 Å². The molecule has 2 rings (SSSR count). The van der Waals surface area contributed by atoms with Crippen molar-refractivity contribution in [1.29, 1.82) is 0 Å². The van der Waals surface area contributed by atoms with Gasteiger partial charge in [0.2, 0.25) is 0 Å². The molecule has 1 heterocycles. The molecule has 1 N–H and O–H groups in total. The minimum Gasteiger partial charge on any atom is -0.508 e. The van der Waals surface area contributed by atoms with Crippen LogP contribution in [0.2, 0.25) is 0 Å². The Kier molecular flexibility index (Phi) is 2.79. The van der Waals surface area contributed by atoms with E-state index in [0.717, 1.165) is 5.69 Å². The summed E-state index contributed by atoms with van der Waals surface area (Å²) >= 11 is 0. The van der Waals surface area contributed by atoms with Crippen LogP contribution in [-0.2, 0) is 0 Å². The van der Waals surface area contributed by atoms with Crippen LogP contribution in [0.25, 0.3) is 5.69 Å². The van der Waals surface area contributed by atoms with Crippen molar-refractivity contribution in [3.8, 4) is 17.2 Å². The van der Waals surface area contributed by atoms with E-state index in [1.54, 1.807) is 35.3 Å². The van der Waals surface area contributed by atoms with Gasteiger partial charge in [-0.25, -0.2) is 4.68 Å². The highest BCUT2D eigenvalue weighted by molar-refractivity contribution is 5.38. The minimum atomic E-state index is -0.243. The number of nitrogens with zero attached hydrogens (tertiary/aromatic N) is 2. The van der Waals surface area contributed by atoms with Gasteiger partial charge in [-0.05, 0) is 32.9 Å². The second kappa shape index (κ2) is 4.13. The van der Waals surface area contributed by atoms with Gasteiger partial charge >= 0.3 is 0 Å². The fourth-order valence-electron chi connectivity index (χ4n) is 1.49. The molecule has 1 aromatic heterocycles. The molecule has 0 spiro atoms. The van der Waals surface area contributed by atoms with E-state index in [-0.39, 0.29) is 11.4 Å². The maximum Gasteiger partial charge on any atom is 0.158 e. The molecule has 0 unspecified atom stereocenters. The van der Waals surface area contributed by atoms with Crippen molar-refractivity contribution in [2.75, 3.05) is 0 Å². The summed E-state index contributed by atoms with van der Waals surface area (Å²) in [6.07, 6.45) is 3.45. The third-order valence-corrected chi connectivity index (χ3v) is 2.08. The van der Waals surface area contributed by atoms with Crippen LogP contribution in [0.1, 0.15) is 20.8 Å². The van der Waals surface area contributed by atoms with Gasteiger partial charge in [-0.15, -0.1) is 0 Å². The van der Waals surface area contributed by atoms with Gasteiger partial charge in [0.1, 0.15) is 11.4 Å². The van der Waals surface area contributed by atoms with Crippen LogP contribution in [0.3, 0.4) is 0 Å². The smallest absolute Gasteiger partial charge is 0.158 e. The lowest BCUT2D eigenvalue weighted by Gasteiger charge is -2.19. The Balaban J connectivity index is 2.24. The predicted octanol–water partition coefficient (Wildman–Crippen LogP) is 2.76. The number of phenolic OH excluding ortho intramolecular Hbond substituents is 1. The number of aromatic nitrogens is 2. The van der Waals surface area contributed by atoms with Crippen LogP contribution < -0.4 is 4.74 Å². The number of hydrogen-bond donors (Lipinski definition) is 1. The summed E-state index contributed by atoms with van der Waals surface area (Å²) in [4.78, 5) is 0. The largest absolute Gasteiger partial charge is 0.508 e. The van der Waals surface area contributed by atoms with E-state index in [9.17, 15) is 5.11 Å². The Hall–Kier alpha value is -1.97. The standard InChI is InChI=1S/C13H16N2O2/c1-13(2,3)17-12-8-14-15(9-12)10-5-4-6-11(16)7-10/h4-9,16H,1-3H3. The van der Waals surface area contributed by atoms with Gasteiger partial charge in [-0.2, -0.15) is 5.10 Å². The average Bonchev–Trinajstić information content (AvgIpc) is 2.63. The number of rotatable bonds is 2. The molecule has 17 heavy (non-hydrogen) atoms. The van der Waals surface area contributed by atoms with Crippen molar-refractivity contribution in [3.63, 3.8) is 0 Å². The van der Waals surface area contributed by atoms with Crippen molar-refractivity contribution in [2.24, 2.45) is 0 Å². The molecule has 1 aromatic carbocycles. The molecule has 0 aliphatic heterocycles. The quantitative estimate of drug-likeness (QED) is 0.866. The van der Waals surface area contributed by atoms with Gasteiger partial charge in [0.05, 0.1) is 18.1 Å². The molecule has 0 saturated heterocycles. The first-order valence-corrected chi connectivity index (χ1v) is 5.47. The van der Waals surface area contributed by atoms with Crippen molar-refractivity contribution in [3.05, 3.63) is 36.7 Å². The van der Waals surface area contributed by atoms with E-state index < -0.39 is 0 Å². The summed E-state index contributed by atoms with van der Waals surface area (Å²) < 4.78 is 7.36. The molecule has 0 aliphatic rings. The molecule has 0 aliphatic carbocycles. The molecule has 2 aromatic rings. The maximum atomic E-state index is 9.40. The highest BCUT2D eigenvalue weighted by Crippen LogP contribution is 2.20. The second-order valence-electron chi connectivity index (χ2n) is 4.85. The summed E-state index contributed by atoms with van der Waals surface area (Å²) in [5.74, 6) is 0.928. The van der Waals surface area contributed by atoms with E-state index >= 15 is 0 Å². The summed E-state index contributed by atoms with van der Waals surface area (Å²) in [5, 5.41) is 13.6. The summed E-state index contributed by atoms with van der Waals surface area (Å²) in [6, 6.07) is 6.91. The molecule has 90 valence electrons. The van der Waals surface area contributed by atoms with Crippen LogP contribution in [-0.4, -0.2) is 20.5 Å². The number of benzene rings is 1. The van der Waals surface area contributed by atoms with Gasteiger partial charge in [-0.3, -0.25) is 0 Å². The van der Waals surface area contributed by atoms with Gasteiger partial charge in [0.15, 0.2) is 5.75 Å². The fourth-order valence-corrected chi connectivity index (χ4v) is 1.49. The Morgan fingerprint density at radius 2 is 2.06 bits per heavy atom. The monoisotopic (exact) mass is 232 g/mol. The predicted molar refractivity (Wildman–Crippen MR) is 65.6 cm³/mol. The highest BCUT2D eigenvalue weighted by atomic mass is 16.5. The van der Waals surface area contributed by atoms with Crippen molar-refractivity contribution in [2.45, 2.75) is 26.4 Å². The molecule has 0 saturated carbocycles. The van der Waals surface area contributed by atoms with Gasteiger partial charge < -0.3 is 9.84 Å². The van der Waals surface area contributed by atoms with E-state index in [0.29, 0.717) is 5.75 Å². The zero-order valence-electron chi connectivity index (χ0n) is 10.2. The molecule has 0 radical (unpaired) electrons. The Morgan fingerprint density at radius 3 is 2.71 bits per heavy atom. The molecule has 4 nitrogen and oxygen atoms in total. The van der Waals surface area contributed by atoms with Crippen molar-refractivity contribution >= 4 is 0 Å². The molecular formula is C13H16N2O2. The van der Waals surface area contributed by atoms with Gasteiger partial charge in [0.25, 0.3) is 0 Å². The molecule has 0 bridgehead atoms. The van der Waals surface area contributed by atoms with Crippen LogP contribution in [0, 0.1) is 0 Å². The molecule has 0 amide bonds. The van der Waals surface area contributed by atoms with Crippen LogP contribution >= 0.6 is 0 Å². The van der Waals surface area contributed by atoms with Crippen LogP contribution in [0.5, 0.6) is 11.5 Å². The third kappa shape index (κ3) is 3.00. The highest BCUT2D eigenvalue weighted by Gasteiger charge is 2.13. The van der Waals surface area contributed by atoms with Gasteiger partial charge in [0, 0.05) is 6.07 Å². The summed E-state index contributed by atoms with van der Waals surface area (Å²) in [5.41, 5.74) is 0.556. The van der Waals surface area contributed by atoms with Crippen LogP contribution in [0.15, 0.2) is 36.7 Å². The number of aromatic hydroxyl groups is 1. The SMILES string of the molecule is CC(C)(C)Oc1cnn(-c2cccc(O)c2)c1. The first-order valence-electron chi connectivity index (χ1n) is 5.47. The van der Waals surface area contributed by atoms with Crippen molar-refractivity contribution in [1.82, 2.24) is 9.78 Å². The lowest BCUT2D eigenvalue weighted by atomic mass is 10.2. The number of ether oxygens (including phenoxy) is 1. The minimum absolute atomic E-state index is 0.219. The Bertz CT molecular complexity index is 512. The maximum absolute atomic E-state index is 9.40. The first kappa shape index (κ1) is 11.5. The first-order chi connectivity index (χ1) is 7.94. The third-order valence-electron chi connectivity index (χ3n) is 2.08. The topological polar surface area (TPSA) is 47.3 Å². The van der Waals surface area contributed by atoms with E-state index in [1.165, 1.54) is 0 Å². The lowest BCUT2D eigenvalue weighted by Crippen LogP contribution is -2.22. The van der Waals surface area contributed by atoms with E-state index in [2.05, 4.69) is 5.10 Å². The average molecular weight is 232 g/mol. The second-order valence-corrected chi connectivity index (χ2v) is 4.85. The molecule has 4 heteroatoms.